The van der Waals surface area contributed by atoms with E-state index in [0.29, 0.717) is 55.9 Å². The molecule has 4 aliphatic heterocycles. The van der Waals surface area contributed by atoms with Crippen molar-refractivity contribution in [3.8, 4) is 11.5 Å². The minimum Gasteiger partial charge on any atom is -0.486 e. The quantitative estimate of drug-likeness (QED) is 0.438. The van der Waals surface area contributed by atoms with Gasteiger partial charge in [-0.2, -0.15) is 4.31 Å². The lowest BCUT2D eigenvalue weighted by atomic mass is 10.1. The van der Waals surface area contributed by atoms with E-state index in [-0.39, 0.29) is 4.90 Å². The number of nitrogens with zero attached hydrogens (tertiary/aromatic N) is 4. The molecule has 1 fully saturated rings. The van der Waals surface area contributed by atoms with E-state index in [1.54, 1.807) is 18.2 Å². The summed E-state index contributed by atoms with van der Waals surface area (Å²) in [7, 11) is -1.55. The molecule has 4 heterocycles. The van der Waals surface area contributed by atoms with Crippen LogP contribution in [-0.4, -0.2) is 105 Å². The highest BCUT2D eigenvalue weighted by Gasteiger charge is 2.38. The van der Waals surface area contributed by atoms with Gasteiger partial charge in [0.05, 0.1) is 4.90 Å². The van der Waals surface area contributed by atoms with Gasteiger partial charge in [-0.05, 0) is 48.0 Å². The molecule has 0 aliphatic carbocycles. The van der Waals surface area contributed by atoms with Gasteiger partial charge in [0, 0.05) is 64.1 Å². The van der Waals surface area contributed by atoms with E-state index >= 15 is 0 Å². The van der Waals surface area contributed by atoms with Crippen molar-refractivity contribution in [2.24, 2.45) is 0 Å². The molecule has 1 N–H and O–H groups in total. The van der Waals surface area contributed by atoms with Crippen LogP contribution in [-0.2, 0) is 10.0 Å². The number of anilines is 1. The van der Waals surface area contributed by atoms with Crippen molar-refractivity contribution in [3.63, 3.8) is 0 Å². The first kappa shape index (κ1) is 25.6. The fourth-order valence-corrected chi connectivity index (χ4v) is 7.19. The van der Waals surface area contributed by atoms with Crippen LogP contribution < -0.4 is 14.4 Å². The molecule has 2 aromatic rings. The number of ether oxygens (including phenoxy) is 2. The first-order valence-corrected chi connectivity index (χ1v) is 14.7. The predicted octanol–water partition coefficient (Wildman–Crippen LogP) is 1.89. The number of thiocarbonyl (C=S) groups is 1. The zero-order valence-electron chi connectivity index (χ0n) is 21.4. The Hall–Kier alpha value is -2.70. The van der Waals surface area contributed by atoms with E-state index < -0.39 is 16.1 Å². The van der Waals surface area contributed by atoms with Crippen LogP contribution >= 0.6 is 12.2 Å². The van der Waals surface area contributed by atoms with Crippen LogP contribution in [0.15, 0.2) is 58.5 Å². The second kappa shape index (κ2) is 10.1. The zero-order valence-corrected chi connectivity index (χ0v) is 23.0. The average molecular weight is 557 g/mol. The smallest absolute Gasteiger partial charge is 0.243 e. The third kappa shape index (κ3) is 4.77. The van der Waals surface area contributed by atoms with Crippen molar-refractivity contribution in [2.45, 2.75) is 11.0 Å². The second-order valence-electron chi connectivity index (χ2n) is 10.3. The largest absolute Gasteiger partial charge is 0.486 e. The van der Waals surface area contributed by atoms with Gasteiger partial charge in [0.25, 0.3) is 0 Å². The monoisotopic (exact) mass is 556 g/mol. The molecule has 0 amide bonds. The summed E-state index contributed by atoms with van der Waals surface area (Å²) in [6.07, 6.45) is -0.894. The summed E-state index contributed by atoms with van der Waals surface area (Å²) in [5, 5.41) is 11.1. The molecule has 2 aromatic carbocycles. The van der Waals surface area contributed by atoms with Crippen LogP contribution in [0, 0.1) is 0 Å². The van der Waals surface area contributed by atoms with Crippen LogP contribution in [0.4, 0.5) is 5.69 Å². The lowest BCUT2D eigenvalue weighted by molar-refractivity contribution is 0.171. The molecule has 6 rings (SSSR count). The van der Waals surface area contributed by atoms with Gasteiger partial charge in [-0.15, -0.1) is 0 Å². The van der Waals surface area contributed by atoms with Gasteiger partial charge in [0.1, 0.15) is 24.3 Å². The fourth-order valence-electron chi connectivity index (χ4n) is 5.48. The maximum Gasteiger partial charge on any atom is 0.243 e. The Morgan fingerprint density at radius 1 is 0.921 bits per heavy atom. The number of likely N-dealkylation sites (N-methyl/N-ethyl adjacent to an activating group) is 1. The molecule has 1 unspecified atom stereocenters. The number of aliphatic hydroxyl groups excluding tert-OH is 1. The number of fused-ring (bicyclic) bond motifs is 1. The molecule has 0 aromatic heterocycles. The molecule has 0 spiro atoms. The minimum atomic E-state index is -3.68. The number of rotatable bonds is 5. The maximum atomic E-state index is 13.4. The van der Waals surface area contributed by atoms with E-state index in [0.717, 1.165) is 48.6 Å². The van der Waals surface area contributed by atoms with E-state index in [1.165, 1.54) is 4.31 Å². The number of piperazine rings is 1. The van der Waals surface area contributed by atoms with Crippen molar-refractivity contribution in [2.75, 3.05) is 77.5 Å². The number of sulfonamides is 1. The van der Waals surface area contributed by atoms with Crippen molar-refractivity contribution in [3.05, 3.63) is 59.2 Å². The molecule has 4 aliphatic rings. The standard InChI is InChI=1S/C27H32N4O5S2/c1-28-7-9-29(10-8-28)22-4-2-3-19(13-22)26(32)27(37)30-15-20-17-31(18-21(20)16-30)38(33,34)23-5-6-24-25(14-23)36-12-11-35-24/h2-6,13-14,26,32H,7-12,15-18H2,1H3. The Kier molecular flexibility index (Phi) is 6.81. The highest BCUT2D eigenvalue weighted by atomic mass is 32.2. The molecule has 202 valence electrons. The summed E-state index contributed by atoms with van der Waals surface area (Å²) in [6.45, 7) is 6.47. The average Bonchev–Trinajstić information content (AvgIpc) is 3.53. The summed E-state index contributed by atoms with van der Waals surface area (Å²) < 4.78 is 39.3. The van der Waals surface area contributed by atoms with Crippen LogP contribution in [0.25, 0.3) is 0 Å². The summed E-state index contributed by atoms with van der Waals surface area (Å²) in [5.74, 6) is 1.02. The Balaban J connectivity index is 1.09. The van der Waals surface area contributed by atoms with E-state index in [4.69, 9.17) is 21.7 Å². The maximum absolute atomic E-state index is 13.4. The van der Waals surface area contributed by atoms with Crippen LogP contribution in [0.5, 0.6) is 11.5 Å². The van der Waals surface area contributed by atoms with Gasteiger partial charge >= 0.3 is 0 Å². The lowest BCUT2D eigenvalue weighted by Gasteiger charge is -2.34. The SMILES string of the molecule is CN1CCN(c2cccc(C(O)C(=S)N3CC4=C(C3)CN(S(=O)(=O)c3ccc5c(c3)OCCO5)C4)c2)CC1. The Bertz CT molecular complexity index is 1370. The Morgan fingerprint density at radius 3 is 2.32 bits per heavy atom. The zero-order chi connectivity index (χ0) is 26.4. The normalized spacial score (nSPS) is 21.1. The van der Waals surface area contributed by atoms with E-state index in [2.05, 4.69) is 22.9 Å². The van der Waals surface area contributed by atoms with Crippen LogP contribution in [0.2, 0.25) is 0 Å². The first-order chi connectivity index (χ1) is 18.3. The topological polar surface area (TPSA) is 85.8 Å². The predicted molar refractivity (Wildman–Crippen MR) is 148 cm³/mol. The molecular weight excluding hydrogens is 524 g/mol. The molecule has 0 saturated carbocycles. The number of benzene rings is 2. The summed E-state index contributed by atoms with van der Waals surface area (Å²) in [6, 6.07) is 12.8. The van der Waals surface area contributed by atoms with Crippen molar-refractivity contribution in [1.82, 2.24) is 14.1 Å². The molecule has 1 saturated heterocycles. The van der Waals surface area contributed by atoms with Crippen molar-refractivity contribution < 1.29 is 23.0 Å². The number of hydrogen-bond acceptors (Lipinski definition) is 8. The Morgan fingerprint density at radius 2 is 1.61 bits per heavy atom. The molecule has 0 bridgehead atoms. The van der Waals surface area contributed by atoms with Gasteiger partial charge in [0.15, 0.2) is 11.5 Å². The molecule has 9 nitrogen and oxygen atoms in total. The minimum absolute atomic E-state index is 0.200. The highest BCUT2D eigenvalue weighted by Crippen LogP contribution is 2.36. The van der Waals surface area contributed by atoms with Gasteiger partial charge in [0.2, 0.25) is 10.0 Å². The number of hydrogen-bond donors (Lipinski definition) is 1. The van der Waals surface area contributed by atoms with Gasteiger partial charge in [-0.1, -0.05) is 24.4 Å². The van der Waals surface area contributed by atoms with Crippen LogP contribution in [0.1, 0.15) is 11.7 Å². The van der Waals surface area contributed by atoms with Crippen molar-refractivity contribution in [1.29, 1.82) is 0 Å². The van der Waals surface area contributed by atoms with E-state index in [1.807, 2.05) is 23.1 Å². The third-order valence-electron chi connectivity index (χ3n) is 7.75. The van der Waals surface area contributed by atoms with Gasteiger partial charge in [-0.3, -0.25) is 0 Å². The fraction of sp³-hybridized carbons (Fsp3) is 0.444. The Labute approximate surface area is 228 Å². The summed E-state index contributed by atoms with van der Waals surface area (Å²) in [5.41, 5.74) is 3.97. The van der Waals surface area contributed by atoms with Gasteiger partial charge in [-0.25, -0.2) is 8.42 Å². The van der Waals surface area contributed by atoms with E-state index in [9.17, 15) is 13.5 Å². The number of aliphatic hydroxyl groups is 1. The first-order valence-electron chi connectivity index (χ1n) is 12.9. The molecule has 11 heteroatoms. The second-order valence-corrected chi connectivity index (χ2v) is 12.6. The van der Waals surface area contributed by atoms with Gasteiger partial charge < -0.3 is 29.3 Å². The molecular formula is C27H32N4O5S2. The van der Waals surface area contributed by atoms with Crippen molar-refractivity contribution >= 4 is 32.9 Å². The lowest BCUT2D eigenvalue weighted by Crippen LogP contribution is -2.44. The highest BCUT2D eigenvalue weighted by molar-refractivity contribution is 7.89. The summed E-state index contributed by atoms with van der Waals surface area (Å²) in [4.78, 5) is 7.30. The third-order valence-corrected chi connectivity index (χ3v) is 10.0. The molecule has 38 heavy (non-hydrogen) atoms. The van der Waals surface area contributed by atoms with Crippen LogP contribution in [0.3, 0.4) is 0 Å². The molecule has 0 radical (unpaired) electrons. The molecule has 1 atom stereocenters. The summed E-state index contributed by atoms with van der Waals surface area (Å²) >= 11 is 5.72.